The highest BCUT2D eigenvalue weighted by molar-refractivity contribution is 5.81. The summed E-state index contributed by atoms with van der Waals surface area (Å²) in [4.78, 5) is 7.58. The lowest BCUT2D eigenvalue weighted by Crippen LogP contribution is -2.23. The van der Waals surface area contributed by atoms with Crippen molar-refractivity contribution in [2.24, 2.45) is 0 Å². The van der Waals surface area contributed by atoms with E-state index >= 15 is 0 Å². The molecular formula is C36H24F10N2O. The maximum Gasteiger partial charge on any atom is 0.429 e. The van der Waals surface area contributed by atoms with Crippen LogP contribution >= 0.6 is 0 Å². The number of halogens is 10. The number of hydrogen-bond acceptors (Lipinski definition) is 3. The van der Waals surface area contributed by atoms with E-state index in [0.717, 1.165) is 43.5 Å². The Labute approximate surface area is 273 Å². The van der Waals surface area contributed by atoms with E-state index in [1.807, 2.05) is 6.92 Å². The average Bonchev–Trinajstić information content (AvgIpc) is 3.06. The van der Waals surface area contributed by atoms with Crippen LogP contribution in [0.3, 0.4) is 0 Å². The Hall–Kier alpha value is -5.20. The molecule has 13 heteroatoms. The standard InChI is InChI=1S/C36H24F10N2O/c1-2-3-4-5-19-17-47-35(48-18-19)34(44)32(42)21-7-11-26(29(39)13-21)36(45,46)49-23-8-10-24(28(38)16-23)20-6-9-25(27(37)12-20)22-14-30(40)33(43)31(41)15-22/h6-18H,2-5H2,1H3/b34-32+. The van der Waals surface area contributed by atoms with Crippen molar-refractivity contribution in [3.63, 3.8) is 0 Å². The van der Waals surface area contributed by atoms with Gasteiger partial charge in [-0.2, -0.15) is 13.2 Å². The lowest BCUT2D eigenvalue weighted by Gasteiger charge is -2.19. The van der Waals surface area contributed by atoms with E-state index in [1.165, 1.54) is 18.5 Å². The second-order valence-electron chi connectivity index (χ2n) is 10.9. The van der Waals surface area contributed by atoms with Gasteiger partial charge >= 0.3 is 6.11 Å². The van der Waals surface area contributed by atoms with Crippen LogP contribution in [0.5, 0.6) is 5.75 Å². The van der Waals surface area contributed by atoms with Crippen molar-refractivity contribution in [1.82, 2.24) is 9.97 Å². The first-order valence-corrected chi connectivity index (χ1v) is 14.8. The molecule has 0 unspecified atom stereocenters. The van der Waals surface area contributed by atoms with Crippen LogP contribution in [0.25, 0.3) is 33.9 Å². The number of unbranched alkanes of at least 4 members (excludes halogenated alkanes) is 2. The van der Waals surface area contributed by atoms with Crippen LogP contribution in [0.1, 0.15) is 48.7 Å². The summed E-state index contributed by atoms with van der Waals surface area (Å²) >= 11 is 0. The topological polar surface area (TPSA) is 35.0 Å². The summed E-state index contributed by atoms with van der Waals surface area (Å²) in [7, 11) is 0. The summed E-state index contributed by atoms with van der Waals surface area (Å²) in [5.74, 6) is -13.2. The van der Waals surface area contributed by atoms with Crippen LogP contribution in [-0.2, 0) is 12.5 Å². The maximum atomic E-state index is 15.0. The third-order valence-corrected chi connectivity index (χ3v) is 7.46. The lowest BCUT2D eigenvalue weighted by atomic mass is 9.99. The van der Waals surface area contributed by atoms with Gasteiger partial charge in [0.25, 0.3) is 0 Å². The van der Waals surface area contributed by atoms with Gasteiger partial charge in [0, 0.05) is 35.2 Å². The molecule has 0 radical (unpaired) electrons. The molecule has 3 nitrogen and oxygen atoms in total. The highest BCUT2D eigenvalue weighted by atomic mass is 19.3. The van der Waals surface area contributed by atoms with Crippen LogP contribution in [0, 0.1) is 34.9 Å². The monoisotopic (exact) mass is 690 g/mol. The zero-order valence-corrected chi connectivity index (χ0v) is 25.4. The van der Waals surface area contributed by atoms with Gasteiger partial charge in [0.05, 0.1) is 5.56 Å². The van der Waals surface area contributed by atoms with Crippen molar-refractivity contribution in [1.29, 1.82) is 0 Å². The number of rotatable bonds is 11. The Balaban J connectivity index is 1.32. The quantitative estimate of drug-likeness (QED) is 0.0786. The number of aromatic nitrogens is 2. The number of aryl methyl sites for hydroxylation is 1. The maximum absolute atomic E-state index is 15.0. The predicted molar refractivity (Wildman–Crippen MR) is 162 cm³/mol. The molecule has 0 aliphatic carbocycles. The zero-order chi connectivity index (χ0) is 35.5. The summed E-state index contributed by atoms with van der Waals surface area (Å²) in [6, 6.07) is 8.09. The largest absolute Gasteiger partial charge is 0.429 e. The van der Waals surface area contributed by atoms with Gasteiger partial charge in [0.2, 0.25) is 5.83 Å². The van der Waals surface area contributed by atoms with Gasteiger partial charge in [-0.25, -0.2) is 40.7 Å². The van der Waals surface area contributed by atoms with E-state index in [2.05, 4.69) is 14.7 Å². The van der Waals surface area contributed by atoms with E-state index < -0.39 is 75.4 Å². The lowest BCUT2D eigenvalue weighted by molar-refractivity contribution is -0.187. The highest BCUT2D eigenvalue weighted by Gasteiger charge is 2.38. The van der Waals surface area contributed by atoms with Crippen molar-refractivity contribution >= 4 is 11.7 Å². The Morgan fingerprint density at radius 3 is 1.88 bits per heavy atom. The molecule has 254 valence electrons. The molecule has 5 rings (SSSR count). The van der Waals surface area contributed by atoms with Gasteiger partial charge < -0.3 is 4.74 Å². The molecule has 1 aromatic heterocycles. The summed E-state index contributed by atoms with van der Waals surface area (Å²) < 4.78 is 149. The molecule has 0 atom stereocenters. The summed E-state index contributed by atoms with van der Waals surface area (Å²) in [6.45, 7) is 2.03. The van der Waals surface area contributed by atoms with E-state index in [4.69, 9.17) is 0 Å². The number of benzene rings is 4. The number of alkyl halides is 2. The molecule has 0 spiro atoms. The second kappa shape index (κ2) is 14.5. The first-order valence-electron chi connectivity index (χ1n) is 14.8. The summed E-state index contributed by atoms with van der Waals surface area (Å²) in [6.07, 6.45) is 1.70. The third kappa shape index (κ3) is 7.76. The van der Waals surface area contributed by atoms with Crippen LogP contribution in [0.4, 0.5) is 43.9 Å². The van der Waals surface area contributed by atoms with Gasteiger partial charge in [0.1, 0.15) is 23.2 Å². The fourth-order valence-corrected chi connectivity index (χ4v) is 4.91. The van der Waals surface area contributed by atoms with Gasteiger partial charge in [-0.1, -0.05) is 38.0 Å². The van der Waals surface area contributed by atoms with Crippen LogP contribution in [0.15, 0.2) is 79.1 Å². The molecule has 5 aromatic rings. The highest BCUT2D eigenvalue weighted by Crippen LogP contribution is 2.38. The molecule has 0 amide bonds. The van der Waals surface area contributed by atoms with Crippen molar-refractivity contribution in [3.8, 4) is 28.0 Å². The molecule has 4 aromatic carbocycles. The molecule has 0 aliphatic rings. The average molecular weight is 691 g/mol. The zero-order valence-electron chi connectivity index (χ0n) is 25.4. The Bertz CT molecular complexity index is 2010. The normalized spacial score (nSPS) is 12.2. The second-order valence-corrected chi connectivity index (χ2v) is 10.9. The molecule has 49 heavy (non-hydrogen) atoms. The molecule has 0 bridgehead atoms. The Kier molecular flexibility index (Phi) is 10.4. The molecular weight excluding hydrogens is 666 g/mol. The summed E-state index contributed by atoms with van der Waals surface area (Å²) in [5, 5.41) is 0. The van der Waals surface area contributed by atoms with E-state index in [9.17, 15) is 43.9 Å². The van der Waals surface area contributed by atoms with Gasteiger partial charge in [-0.15, -0.1) is 0 Å². The van der Waals surface area contributed by atoms with Gasteiger partial charge in [0.15, 0.2) is 29.1 Å². The molecule has 0 N–H and O–H groups in total. The molecule has 0 aliphatic heterocycles. The van der Waals surface area contributed by atoms with E-state index in [-0.39, 0.29) is 22.3 Å². The number of ether oxygens (including phenoxy) is 1. The Morgan fingerprint density at radius 2 is 1.27 bits per heavy atom. The van der Waals surface area contributed by atoms with Crippen molar-refractivity contribution < 1.29 is 48.6 Å². The van der Waals surface area contributed by atoms with E-state index in [1.54, 1.807) is 0 Å². The van der Waals surface area contributed by atoms with Crippen molar-refractivity contribution in [2.45, 2.75) is 38.7 Å². The van der Waals surface area contributed by atoms with Crippen molar-refractivity contribution in [3.05, 3.63) is 137 Å². The minimum absolute atomic E-state index is 0.0996. The van der Waals surface area contributed by atoms with E-state index in [0.29, 0.717) is 48.4 Å². The van der Waals surface area contributed by atoms with Crippen LogP contribution in [-0.4, -0.2) is 9.97 Å². The molecule has 1 heterocycles. The SMILES string of the molecule is CCCCCc1cnc(/C(F)=C(\F)c2ccc(C(F)(F)Oc3ccc(-c4ccc(-c5cc(F)c(F)c(F)c5)c(F)c4)c(F)c3)c(F)c2)nc1. The fourth-order valence-electron chi connectivity index (χ4n) is 4.91. The summed E-state index contributed by atoms with van der Waals surface area (Å²) in [5.41, 5.74) is -2.41. The number of nitrogens with zero attached hydrogens (tertiary/aromatic N) is 2. The fraction of sp³-hybridized carbons (Fsp3) is 0.167. The smallest absolute Gasteiger partial charge is 0.429 e. The van der Waals surface area contributed by atoms with Gasteiger partial charge in [-0.05, 0) is 72.0 Å². The number of hydrogen-bond donors (Lipinski definition) is 0. The first-order chi connectivity index (χ1) is 23.3. The first kappa shape index (κ1) is 35.1. The predicted octanol–water partition coefficient (Wildman–Crippen LogP) is 11.3. The molecule has 0 saturated heterocycles. The molecule has 0 fully saturated rings. The third-order valence-electron chi connectivity index (χ3n) is 7.46. The minimum Gasteiger partial charge on any atom is -0.429 e. The molecule has 0 saturated carbocycles. The van der Waals surface area contributed by atoms with Crippen LogP contribution < -0.4 is 4.74 Å². The van der Waals surface area contributed by atoms with Gasteiger partial charge in [-0.3, -0.25) is 0 Å². The minimum atomic E-state index is -4.42. The van der Waals surface area contributed by atoms with Crippen LogP contribution in [0.2, 0.25) is 0 Å². The van der Waals surface area contributed by atoms with Crippen molar-refractivity contribution in [2.75, 3.05) is 0 Å². The Morgan fingerprint density at radius 1 is 0.653 bits per heavy atom.